The standard InChI is InChI=1S/C16H13IN2OS2/c1-2-21-16-19-13-5-4-12(8-15(13)22-16)18-9-10-7-11(17)3-6-14(10)20/h3-9,20H,2H2,1H3. The van der Waals surface area contributed by atoms with Gasteiger partial charge >= 0.3 is 0 Å². The van der Waals surface area contributed by atoms with Gasteiger partial charge in [-0.3, -0.25) is 4.99 Å². The number of aromatic hydroxyl groups is 1. The molecule has 3 nitrogen and oxygen atoms in total. The first kappa shape index (κ1) is 15.8. The third-order valence-electron chi connectivity index (χ3n) is 2.96. The molecule has 3 aromatic rings. The average molecular weight is 440 g/mol. The zero-order chi connectivity index (χ0) is 15.5. The highest BCUT2D eigenvalue weighted by atomic mass is 127. The normalized spacial score (nSPS) is 11.5. The SMILES string of the molecule is CCSc1nc2ccc(N=Cc3cc(I)ccc3O)cc2s1. The van der Waals surface area contributed by atoms with Gasteiger partial charge in [-0.1, -0.05) is 18.7 Å². The monoisotopic (exact) mass is 440 g/mol. The van der Waals surface area contributed by atoms with E-state index in [1.54, 1.807) is 35.4 Å². The van der Waals surface area contributed by atoms with Crippen LogP contribution in [0.4, 0.5) is 5.69 Å². The van der Waals surface area contributed by atoms with E-state index in [1.165, 1.54) is 0 Å². The molecule has 112 valence electrons. The summed E-state index contributed by atoms with van der Waals surface area (Å²) in [6.45, 7) is 2.13. The minimum absolute atomic E-state index is 0.240. The second-order valence-corrected chi connectivity index (χ2v) is 8.31. The summed E-state index contributed by atoms with van der Waals surface area (Å²) in [5, 5.41) is 9.84. The lowest BCUT2D eigenvalue weighted by molar-refractivity contribution is 0.474. The molecule has 0 amide bonds. The molecule has 0 saturated carbocycles. The van der Waals surface area contributed by atoms with E-state index in [-0.39, 0.29) is 5.75 Å². The summed E-state index contributed by atoms with van der Waals surface area (Å²) in [7, 11) is 0. The molecule has 0 unspecified atom stereocenters. The van der Waals surface area contributed by atoms with E-state index < -0.39 is 0 Å². The summed E-state index contributed by atoms with van der Waals surface area (Å²) >= 11 is 5.66. The number of thiazole rings is 1. The largest absolute Gasteiger partial charge is 0.507 e. The fourth-order valence-electron chi connectivity index (χ4n) is 1.93. The third-order valence-corrected chi connectivity index (χ3v) is 5.68. The molecule has 0 aliphatic heterocycles. The third kappa shape index (κ3) is 3.61. The van der Waals surface area contributed by atoms with Crippen molar-refractivity contribution in [3.8, 4) is 5.75 Å². The van der Waals surface area contributed by atoms with Crippen LogP contribution in [0.15, 0.2) is 45.7 Å². The van der Waals surface area contributed by atoms with Crippen LogP contribution in [0, 0.1) is 3.57 Å². The van der Waals surface area contributed by atoms with Gasteiger partial charge in [-0.2, -0.15) is 0 Å². The summed E-state index contributed by atoms with van der Waals surface area (Å²) in [4.78, 5) is 9.04. The first-order chi connectivity index (χ1) is 10.7. The number of thioether (sulfide) groups is 1. The molecule has 22 heavy (non-hydrogen) atoms. The zero-order valence-electron chi connectivity index (χ0n) is 11.8. The summed E-state index contributed by atoms with van der Waals surface area (Å²) < 4.78 is 3.29. The van der Waals surface area contributed by atoms with Crippen LogP contribution in [0.1, 0.15) is 12.5 Å². The number of aliphatic imine (C=N–C) groups is 1. The molecule has 0 aliphatic carbocycles. The van der Waals surface area contributed by atoms with Crippen LogP contribution in [0.5, 0.6) is 5.75 Å². The van der Waals surface area contributed by atoms with Crippen LogP contribution in [0.2, 0.25) is 0 Å². The van der Waals surface area contributed by atoms with E-state index in [2.05, 4.69) is 39.5 Å². The minimum atomic E-state index is 0.240. The molecule has 0 spiro atoms. The van der Waals surface area contributed by atoms with Crippen LogP contribution in [-0.2, 0) is 0 Å². The number of aromatic nitrogens is 1. The van der Waals surface area contributed by atoms with Crippen LogP contribution in [0.25, 0.3) is 10.2 Å². The summed E-state index contributed by atoms with van der Waals surface area (Å²) in [5.74, 6) is 1.26. The molecule has 0 bridgehead atoms. The van der Waals surface area contributed by atoms with Gasteiger partial charge in [-0.15, -0.1) is 11.3 Å². The topological polar surface area (TPSA) is 45.5 Å². The van der Waals surface area contributed by atoms with Crippen molar-refractivity contribution < 1.29 is 5.11 Å². The van der Waals surface area contributed by atoms with Crippen molar-refractivity contribution in [2.75, 3.05) is 5.75 Å². The van der Waals surface area contributed by atoms with Crippen molar-refractivity contribution in [3.05, 3.63) is 45.5 Å². The van der Waals surface area contributed by atoms with Gasteiger partial charge in [0.2, 0.25) is 0 Å². The molecule has 1 N–H and O–H groups in total. The fourth-order valence-corrected chi connectivity index (χ4v) is 4.44. The number of benzene rings is 2. The quantitative estimate of drug-likeness (QED) is 0.333. The molecule has 2 aromatic carbocycles. The lowest BCUT2D eigenvalue weighted by Gasteiger charge is -1.99. The molecule has 3 rings (SSSR count). The van der Waals surface area contributed by atoms with Gasteiger partial charge in [-0.05, 0) is 64.7 Å². The maximum atomic E-state index is 9.84. The highest BCUT2D eigenvalue weighted by Crippen LogP contribution is 2.31. The molecule has 6 heteroatoms. The van der Waals surface area contributed by atoms with Crippen molar-refractivity contribution >= 4 is 67.8 Å². The van der Waals surface area contributed by atoms with Crippen molar-refractivity contribution in [1.29, 1.82) is 0 Å². The number of fused-ring (bicyclic) bond motifs is 1. The molecule has 0 saturated heterocycles. The maximum Gasteiger partial charge on any atom is 0.151 e. The fraction of sp³-hybridized carbons (Fsp3) is 0.125. The lowest BCUT2D eigenvalue weighted by atomic mass is 10.2. The molecule has 0 atom stereocenters. The summed E-state index contributed by atoms with van der Waals surface area (Å²) in [6, 6.07) is 11.4. The van der Waals surface area contributed by atoms with E-state index in [4.69, 9.17) is 0 Å². The smallest absolute Gasteiger partial charge is 0.151 e. The van der Waals surface area contributed by atoms with Crippen molar-refractivity contribution in [2.24, 2.45) is 4.99 Å². The second-order valence-electron chi connectivity index (χ2n) is 4.53. The van der Waals surface area contributed by atoms with E-state index in [0.717, 1.165) is 35.1 Å². The first-order valence-electron chi connectivity index (χ1n) is 6.71. The average Bonchev–Trinajstić information content (AvgIpc) is 2.90. The van der Waals surface area contributed by atoms with E-state index in [0.29, 0.717) is 0 Å². The summed E-state index contributed by atoms with van der Waals surface area (Å²) in [6.07, 6.45) is 1.70. The number of hydrogen-bond donors (Lipinski definition) is 1. The number of halogens is 1. The Hall–Kier alpha value is -1.12. The van der Waals surface area contributed by atoms with E-state index >= 15 is 0 Å². The Balaban J connectivity index is 1.89. The van der Waals surface area contributed by atoms with Gasteiger partial charge in [0.1, 0.15) is 5.75 Å². The molecular formula is C16H13IN2OS2. The zero-order valence-corrected chi connectivity index (χ0v) is 15.6. The first-order valence-corrected chi connectivity index (χ1v) is 9.60. The van der Waals surface area contributed by atoms with Crippen LogP contribution < -0.4 is 0 Å². The van der Waals surface area contributed by atoms with Crippen molar-refractivity contribution in [2.45, 2.75) is 11.3 Å². The maximum absolute atomic E-state index is 9.84. The Morgan fingerprint density at radius 1 is 1.32 bits per heavy atom. The van der Waals surface area contributed by atoms with Gasteiger partial charge in [0.05, 0.1) is 15.9 Å². The Bertz CT molecular complexity index is 845. The van der Waals surface area contributed by atoms with E-state index in [9.17, 15) is 5.11 Å². The molecule has 0 radical (unpaired) electrons. The summed E-state index contributed by atoms with van der Waals surface area (Å²) in [5.41, 5.74) is 2.60. The molecule has 0 fully saturated rings. The Morgan fingerprint density at radius 2 is 2.18 bits per heavy atom. The van der Waals surface area contributed by atoms with Crippen LogP contribution in [0.3, 0.4) is 0 Å². The lowest BCUT2D eigenvalue weighted by Crippen LogP contribution is -1.83. The second kappa shape index (κ2) is 6.97. The van der Waals surface area contributed by atoms with Gasteiger partial charge in [-0.25, -0.2) is 4.98 Å². The van der Waals surface area contributed by atoms with Gasteiger partial charge in [0.25, 0.3) is 0 Å². The van der Waals surface area contributed by atoms with Crippen LogP contribution >= 0.6 is 45.7 Å². The number of hydrogen-bond acceptors (Lipinski definition) is 5. The minimum Gasteiger partial charge on any atom is -0.507 e. The Kier molecular flexibility index (Phi) is 5.00. The van der Waals surface area contributed by atoms with Crippen LogP contribution in [-0.4, -0.2) is 22.1 Å². The Morgan fingerprint density at radius 3 is 3.00 bits per heavy atom. The van der Waals surface area contributed by atoms with Crippen molar-refractivity contribution in [3.63, 3.8) is 0 Å². The number of rotatable bonds is 4. The number of phenols is 1. The molecule has 0 aliphatic rings. The molecule has 1 heterocycles. The number of nitrogens with zero attached hydrogens (tertiary/aromatic N) is 2. The van der Waals surface area contributed by atoms with E-state index in [1.807, 2.05) is 30.3 Å². The highest BCUT2D eigenvalue weighted by Gasteiger charge is 2.04. The predicted molar refractivity (Wildman–Crippen MR) is 104 cm³/mol. The highest BCUT2D eigenvalue weighted by molar-refractivity contribution is 14.1. The van der Waals surface area contributed by atoms with Gasteiger partial charge < -0.3 is 5.11 Å². The molecule has 1 aromatic heterocycles. The molecular weight excluding hydrogens is 427 g/mol. The van der Waals surface area contributed by atoms with Gasteiger partial charge in [0.15, 0.2) is 4.34 Å². The Labute approximate surface area is 150 Å². The van der Waals surface area contributed by atoms with Crippen molar-refractivity contribution in [1.82, 2.24) is 4.98 Å². The predicted octanol–water partition coefficient (Wildman–Crippen LogP) is 5.47. The number of phenolic OH excluding ortho intramolecular Hbond substituents is 1. The van der Waals surface area contributed by atoms with Gasteiger partial charge in [0, 0.05) is 15.3 Å².